The molecule has 2 aromatic rings. The fourth-order valence-electron chi connectivity index (χ4n) is 1.97. The maximum absolute atomic E-state index is 11.0. The first-order valence-electron chi connectivity index (χ1n) is 6.67. The summed E-state index contributed by atoms with van der Waals surface area (Å²) in [7, 11) is 0. The van der Waals surface area contributed by atoms with Gasteiger partial charge in [-0.05, 0) is 29.8 Å². The SMILES string of the molecule is N=c1ccccn1C(=CC=C(C(=O)O)C(=O)O)c1ccccc1. The van der Waals surface area contributed by atoms with Gasteiger partial charge in [-0.3, -0.25) is 5.41 Å². The van der Waals surface area contributed by atoms with Gasteiger partial charge in [0.1, 0.15) is 11.1 Å². The Morgan fingerprint density at radius 3 is 2.09 bits per heavy atom. The number of benzene rings is 1. The highest BCUT2D eigenvalue weighted by Crippen LogP contribution is 2.15. The van der Waals surface area contributed by atoms with Crippen molar-refractivity contribution in [3.63, 3.8) is 0 Å². The maximum atomic E-state index is 11.0. The molecule has 1 aromatic heterocycles. The van der Waals surface area contributed by atoms with Gasteiger partial charge in [-0.15, -0.1) is 0 Å². The predicted molar refractivity (Wildman–Crippen MR) is 83.5 cm³/mol. The number of hydrogen-bond acceptors (Lipinski definition) is 3. The van der Waals surface area contributed by atoms with E-state index in [4.69, 9.17) is 15.6 Å². The Hall–Kier alpha value is -3.41. The minimum absolute atomic E-state index is 0.184. The lowest BCUT2D eigenvalue weighted by molar-refractivity contribution is -0.140. The fraction of sp³-hybridized carbons (Fsp3) is 0. The van der Waals surface area contributed by atoms with Gasteiger partial charge in [-0.1, -0.05) is 36.4 Å². The zero-order valence-electron chi connectivity index (χ0n) is 12.0. The summed E-state index contributed by atoms with van der Waals surface area (Å²) in [5.74, 6) is -3.05. The average molecular weight is 310 g/mol. The van der Waals surface area contributed by atoms with Crippen LogP contribution in [0.1, 0.15) is 5.56 Å². The van der Waals surface area contributed by atoms with E-state index < -0.39 is 17.5 Å². The molecule has 116 valence electrons. The van der Waals surface area contributed by atoms with E-state index in [0.29, 0.717) is 5.70 Å². The molecule has 0 bridgehead atoms. The summed E-state index contributed by atoms with van der Waals surface area (Å²) in [6, 6.07) is 14.0. The quantitative estimate of drug-likeness (QED) is 0.340. The van der Waals surface area contributed by atoms with Gasteiger partial charge in [0.15, 0.2) is 0 Å². The average Bonchev–Trinajstić information content (AvgIpc) is 2.53. The number of carbonyl (C=O) groups is 2. The van der Waals surface area contributed by atoms with Gasteiger partial charge in [-0.25, -0.2) is 9.59 Å². The summed E-state index contributed by atoms with van der Waals surface area (Å²) in [5, 5.41) is 25.8. The van der Waals surface area contributed by atoms with Gasteiger partial charge in [0, 0.05) is 6.20 Å². The second-order valence-electron chi connectivity index (χ2n) is 4.56. The highest BCUT2D eigenvalue weighted by atomic mass is 16.4. The summed E-state index contributed by atoms with van der Waals surface area (Å²) < 4.78 is 1.53. The second-order valence-corrected chi connectivity index (χ2v) is 4.56. The molecule has 0 aliphatic heterocycles. The summed E-state index contributed by atoms with van der Waals surface area (Å²) in [4.78, 5) is 21.9. The number of carboxylic acid groups (broad SMARTS) is 2. The van der Waals surface area contributed by atoms with Gasteiger partial charge in [0.05, 0.1) is 5.70 Å². The summed E-state index contributed by atoms with van der Waals surface area (Å²) in [6.07, 6.45) is 4.05. The molecule has 6 heteroatoms. The Kier molecular flexibility index (Phi) is 4.89. The van der Waals surface area contributed by atoms with Gasteiger partial charge in [0.25, 0.3) is 0 Å². The number of nitrogens with one attached hydrogen (secondary N) is 1. The smallest absolute Gasteiger partial charge is 0.343 e. The number of pyridine rings is 1. The molecular formula is C17H14N2O4. The van der Waals surface area contributed by atoms with Crippen LogP contribution in [0.2, 0.25) is 0 Å². The Labute approximate surface area is 131 Å². The second kappa shape index (κ2) is 7.04. The molecule has 0 atom stereocenters. The molecule has 0 fully saturated rings. The molecule has 0 saturated carbocycles. The van der Waals surface area contributed by atoms with Crippen LogP contribution in [-0.2, 0) is 9.59 Å². The molecule has 0 spiro atoms. The molecule has 0 aliphatic rings. The molecule has 0 radical (unpaired) electrons. The molecule has 1 heterocycles. The van der Waals surface area contributed by atoms with Crippen LogP contribution in [0.5, 0.6) is 0 Å². The zero-order chi connectivity index (χ0) is 16.8. The number of nitrogens with zero attached hydrogens (tertiary/aromatic N) is 1. The van der Waals surface area contributed by atoms with Gasteiger partial charge < -0.3 is 14.8 Å². The van der Waals surface area contributed by atoms with E-state index in [2.05, 4.69) is 0 Å². The van der Waals surface area contributed by atoms with E-state index in [1.54, 1.807) is 48.7 Å². The van der Waals surface area contributed by atoms with Crippen LogP contribution in [0.15, 0.2) is 72.5 Å². The van der Waals surface area contributed by atoms with Crippen molar-refractivity contribution in [2.75, 3.05) is 0 Å². The maximum Gasteiger partial charge on any atom is 0.343 e. The van der Waals surface area contributed by atoms with Crippen molar-refractivity contribution in [2.45, 2.75) is 0 Å². The van der Waals surface area contributed by atoms with Crippen molar-refractivity contribution in [3.8, 4) is 0 Å². The lowest BCUT2D eigenvalue weighted by atomic mass is 10.1. The van der Waals surface area contributed by atoms with Crippen LogP contribution < -0.4 is 5.49 Å². The van der Waals surface area contributed by atoms with Crippen molar-refractivity contribution >= 4 is 17.6 Å². The van der Waals surface area contributed by atoms with Crippen molar-refractivity contribution in [3.05, 3.63) is 83.5 Å². The number of carboxylic acids is 2. The van der Waals surface area contributed by atoms with E-state index in [1.807, 2.05) is 6.07 Å². The third-order valence-electron chi connectivity index (χ3n) is 3.06. The van der Waals surface area contributed by atoms with Crippen LogP contribution in [0.4, 0.5) is 0 Å². The number of aromatic nitrogens is 1. The summed E-state index contributed by atoms with van der Waals surface area (Å²) in [5.41, 5.74) is 0.657. The summed E-state index contributed by atoms with van der Waals surface area (Å²) >= 11 is 0. The van der Waals surface area contributed by atoms with E-state index in [0.717, 1.165) is 11.6 Å². The molecule has 0 aliphatic carbocycles. The van der Waals surface area contributed by atoms with E-state index in [1.165, 1.54) is 10.6 Å². The first-order chi connectivity index (χ1) is 11.0. The molecular weight excluding hydrogens is 296 g/mol. The zero-order valence-corrected chi connectivity index (χ0v) is 12.0. The number of rotatable bonds is 5. The normalized spacial score (nSPS) is 10.9. The van der Waals surface area contributed by atoms with Crippen LogP contribution in [-0.4, -0.2) is 26.7 Å². The van der Waals surface area contributed by atoms with Gasteiger partial charge in [-0.2, -0.15) is 0 Å². The van der Waals surface area contributed by atoms with Gasteiger partial charge in [0.2, 0.25) is 0 Å². The first kappa shape index (κ1) is 16.0. The summed E-state index contributed by atoms with van der Waals surface area (Å²) in [6.45, 7) is 0. The molecule has 1 aromatic carbocycles. The first-order valence-corrected chi connectivity index (χ1v) is 6.67. The predicted octanol–water partition coefficient (Wildman–Crippen LogP) is 1.95. The van der Waals surface area contributed by atoms with E-state index in [9.17, 15) is 9.59 Å². The number of hydrogen-bond donors (Lipinski definition) is 3. The van der Waals surface area contributed by atoms with Crippen molar-refractivity contribution in [1.29, 1.82) is 5.41 Å². The molecule has 3 N–H and O–H groups in total. The molecule has 23 heavy (non-hydrogen) atoms. The van der Waals surface area contributed by atoms with Crippen LogP contribution in [0, 0.1) is 5.41 Å². The van der Waals surface area contributed by atoms with Gasteiger partial charge >= 0.3 is 11.9 Å². The molecule has 0 unspecified atom stereocenters. The highest BCUT2D eigenvalue weighted by molar-refractivity contribution is 6.12. The lowest BCUT2D eigenvalue weighted by Gasteiger charge is -2.11. The minimum Gasteiger partial charge on any atom is -0.477 e. The number of allylic oxidation sites excluding steroid dienone is 2. The minimum atomic E-state index is -1.52. The van der Waals surface area contributed by atoms with Crippen LogP contribution >= 0.6 is 0 Å². The topological polar surface area (TPSA) is 103 Å². The van der Waals surface area contributed by atoms with Crippen molar-refractivity contribution in [1.82, 2.24) is 4.57 Å². The molecule has 0 saturated heterocycles. The lowest BCUT2D eigenvalue weighted by Crippen LogP contribution is -2.18. The molecule has 0 amide bonds. The standard InChI is InChI=1S/C17H14N2O4/c18-15-8-4-5-11-19(15)14(12-6-2-1-3-7-12)10-9-13(16(20)21)17(22)23/h1-11,18H,(H,20,21)(H,22,23). The molecule has 2 rings (SSSR count). The monoisotopic (exact) mass is 310 g/mol. The van der Waals surface area contributed by atoms with Crippen LogP contribution in [0.25, 0.3) is 5.70 Å². The Morgan fingerprint density at radius 1 is 0.913 bits per heavy atom. The Morgan fingerprint density at radius 2 is 1.52 bits per heavy atom. The Balaban J connectivity index is 2.64. The number of aliphatic carboxylic acids is 2. The highest BCUT2D eigenvalue weighted by Gasteiger charge is 2.15. The third kappa shape index (κ3) is 3.82. The largest absolute Gasteiger partial charge is 0.477 e. The van der Waals surface area contributed by atoms with Crippen molar-refractivity contribution in [2.24, 2.45) is 0 Å². The third-order valence-corrected chi connectivity index (χ3v) is 3.06. The fourth-order valence-corrected chi connectivity index (χ4v) is 1.97. The van der Waals surface area contributed by atoms with Crippen molar-refractivity contribution < 1.29 is 19.8 Å². The van der Waals surface area contributed by atoms with E-state index in [-0.39, 0.29) is 5.49 Å². The van der Waals surface area contributed by atoms with E-state index >= 15 is 0 Å². The van der Waals surface area contributed by atoms with Crippen LogP contribution in [0.3, 0.4) is 0 Å². The Bertz CT molecular complexity index is 832. The molecule has 6 nitrogen and oxygen atoms in total.